The molecule has 4 fully saturated rings. The Morgan fingerprint density at radius 3 is 2.59 bits per heavy atom. The molecule has 0 unspecified atom stereocenters. The summed E-state index contributed by atoms with van der Waals surface area (Å²) in [5.41, 5.74) is 2.76. The molecule has 1 aromatic carbocycles. The lowest BCUT2D eigenvalue weighted by molar-refractivity contribution is -0.148. The number of aliphatic hydroxyl groups excluding tert-OH is 3. The second-order valence-corrected chi connectivity index (χ2v) is 17.2. The fourth-order valence-corrected chi connectivity index (χ4v) is 10.3. The van der Waals surface area contributed by atoms with Crippen molar-refractivity contribution in [2.75, 3.05) is 57.8 Å². The Kier molecular flexibility index (Phi) is 12.4. The number of aryl methyl sites for hydroxylation is 1. The SMILES string of the molecule is C[C@]12CC[C@@H]3c4ccc(OCCCNC(=O)c5ccc(CN6CCN(C[C@H]7OC[C@H](Nc8cncc(C(F)(F)F)n8)[C@@H](O)[C@H]7O)CC6)nn5)cc4CC[C@H]3[C@@H]1CC[C@@H]2O. The number of alkyl halides is 3. The lowest BCUT2D eigenvalue weighted by atomic mass is 9.55. The van der Waals surface area contributed by atoms with Crippen LogP contribution in [0, 0.1) is 17.3 Å². The summed E-state index contributed by atoms with van der Waals surface area (Å²) < 4.78 is 51.0. The minimum atomic E-state index is -4.66. The third-order valence-corrected chi connectivity index (χ3v) is 13.7. The molecule has 59 heavy (non-hydrogen) atoms. The van der Waals surface area contributed by atoms with Crippen LogP contribution >= 0.6 is 0 Å². The van der Waals surface area contributed by atoms with Crippen LogP contribution < -0.4 is 15.4 Å². The van der Waals surface area contributed by atoms with Crippen LogP contribution in [-0.2, 0) is 23.9 Å². The Bertz CT molecular complexity index is 1920. The number of rotatable bonds is 12. The predicted octanol–water partition coefficient (Wildman–Crippen LogP) is 3.42. The number of amides is 1. The van der Waals surface area contributed by atoms with Crippen molar-refractivity contribution < 1.29 is 42.8 Å². The maximum absolute atomic E-state index is 13.0. The van der Waals surface area contributed by atoms with Crippen LogP contribution in [-0.4, -0.2) is 134 Å². The molecule has 17 heteroatoms. The van der Waals surface area contributed by atoms with E-state index in [4.69, 9.17) is 9.47 Å². The van der Waals surface area contributed by atoms with Crippen molar-refractivity contribution in [1.29, 1.82) is 0 Å². The molecule has 1 amide bonds. The van der Waals surface area contributed by atoms with Gasteiger partial charge in [-0.25, -0.2) is 4.98 Å². The maximum atomic E-state index is 13.0. The molecular weight excluding hydrogens is 770 g/mol. The van der Waals surface area contributed by atoms with Crippen molar-refractivity contribution in [2.45, 2.75) is 101 Å². The highest BCUT2D eigenvalue weighted by Crippen LogP contribution is 2.61. The number of fused-ring (bicyclic) bond motifs is 5. The van der Waals surface area contributed by atoms with Gasteiger partial charge in [0.05, 0.1) is 49.6 Å². The number of anilines is 1. The quantitative estimate of drug-likeness (QED) is 0.168. The molecule has 4 heterocycles. The third kappa shape index (κ3) is 9.20. The summed E-state index contributed by atoms with van der Waals surface area (Å²) in [7, 11) is 0. The largest absolute Gasteiger partial charge is 0.494 e. The van der Waals surface area contributed by atoms with Crippen molar-refractivity contribution in [1.82, 2.24) is 35.3 Å². The highest BCUT2D eigenvalue weighted by atomic mass is 19.4. The van der Waals surface area contributed by atoms with Crippen LogP contribution in [0.3, 0.4) is 0 Å². The standard InChI is InChI=1S/C42H55F3N8O6/c1-41-12-11-29-28-7-5-27(19-25(28)3-6-30(29)31(41)8-10-36(41)54)58-18-2-13-47-40(57)32-9-4-26(50-51-32)22-52-14-16-53(17-15-52)23-34-39(56)38(55)33(24-59-34)48-37-21-46-20-35(49-37)42(43,44)45/h4-5,7,9,19-21,29-31,33-34,36,38-39,54-56H,2-3,6,8,10-18,22-24H2,1H3,(H,47,57)(H,48,49)/t29-,30-,31+,33+,34-,36+,38-,39+,41+/m1/s1. The molecule has 8 rings (SSSR count). The van der Waals surface area contributed by atoms with Crippen LogP contribution in [0.4, 0.5) is 19.0 Å². The summed E-state index contributed by atoms with van der Waals surface area (Å²) in [5, 5.41) is 46.3. The molecule has 2 aliphatic heterocycles. The number of hydrogen-bond donors (Lipinski definition) is 5. The van der Waals surface area contributed by atoms with Gasteiger partial charge in [-0.05, 0) is 104 Å². The van der Waals surface area contributed by atoms with E-state index >= 15 is 0 Å². The minimum Gasteiger partial charge on any atom is -0.494 e. The summed E-state index contributed by atoms with van der Waals surface area (Å²) in [6, 6.07) is 9.16. The first-order valence-corrected chi connectivity index (χ1v) is 21.0. The number of halogens is 3. The average Bonchev–Trinajstić information content (AvgIpc) is 3.54. The van der Waals surface area contributed by atoms with Crippen LogP contribution in [0.15, 0.2) is 42.7 Å². The molecule has 0 bridgehead atoms. The molecule has 2 saturated carbocycles. The number of hydrogen-bond acceptors (Lipinski definition) is 13. The monoisotopic (exact) mass is 824 g/mol. The van der Waals surface area contributed by atoms with Crippen LogP contribution in [0.25, 0.3) is 0 Å². The average molecular weight is 825 g/mol. The molecule has 9 atom stereocenters. The van der Waals surface area contributed by atoms with Gasteiger partial charge in [0.2, 0.25) is 0 Å². The highest BCUT2D eigenvalue weighted by Gasteiger charge is 2.54. The highest BCUT2D eigenvalue weighted by molar-refractivity contribution is 5.91. The van der Waals surface area contributed by atoms with Crippen molar-refractivity contribution in [3.05, 3.63) is 70.9 Å². The number of benzene rings is 1. The normalized spacial score (nSPS) is 31.2. The molecule has 2 saturated heterocycles. The lowest BCUT2D eigenvalue weighted by Crippen LogP contribution is -2.59. The first-order valence-electron chi connectivity index (χ1n) is 21.0. The van der Waals surface area contributed by atoms with E-state index < -0.39 is 36.2 Å². The Morgan fingerprint density at radius 2 is 1.81 bits per heavy atom. The number of nitrogens with one attached hydrogen (secondary N) is 2. The zero-order valence-electron chi connectivity index (χ0n) is 33.4. The van der Waals surface area contributed by atoms with Crippen LogP contribution in [0.2, 0.25) is 0 Å². The van der Waals surface area contributed by atoms with Gasteiger partial charge in [-0.15, -0.1) is 5.10 Å². The van der Waals surface area contributed by atoms with Crippen LogP contribution in [0.1, 0.15) is 84.4 Å². The van der Waals surface area contributed by atoms with Gasteiger partial charge in [0.1, 0.15) is 23.8 Å². The Hall–Kier alpha value is -4.00. The van der Waals surface area contributed by atoms with Gasteiger partial charge in [0.15, 0.2) is 11.4 Å². The molecule has 2 aromatic heterocycles. The number of carbonyl (C=O) groups is 1. The van der Waals surface area contributed by atoms with E-state index in [9.17, 15) is 33.3 Å². The molecule has 5 N–H and O–H groups in total. The first-order chi connectivity index (χ1) is 28.4. The molecule has 320 valence electrons. The molecular formula is C42H55F3N8O6. The van der Waals surface area contributed by atoms with Gasteiger partial charge in [-0.3, -0.25) is 19.6 Å². The first kappa shape index (κ1) is 41.7. The lowest BCUT2D eigenvalue weighted by Gasteiger charge is -2.50. The number of aromatic nitrogens is 4. The summed E-state index contributed by atoms with van der Waals surface area (Å²) in [5.74, 6) is 2.26. The second-order valence-electron chi connectivity index (χ2n) is 17.2. The van der Waals surface area contributed by atoms with Crippen molar-refractivity contribution in [2.24, 2.45) is 17.3 Å². The second kappa shape index (κ2) is 17.5. The van der Waals surface area contributed by atoms with Crippen molar-refractivity contribution >= 4 is 11.7 Å². The number of nitrogens with zero attached hydrogens (tertiary/aromatic N) is 6. The smallest absolute Gasteiger partial charge is 0.434 e. The van der Waals surface area contributed by atoms with E-state index in [0.717, 1.165) is 49.7 Å². The van der Waals surface area contributed by atoms with E-state index in [1.54, 1.807) is 6.07 Å². The van der Waals surface area contributed by atoms with Gasteiger partial charge in [-0.1, -0.05) is 13.0 Å². The van der Waals surface area contributed by atoms with E-state index in [2.05, 4.69) is 65.7 Å². The number of ether oxygens (including phenoxy) is 2. The van der Waals surface area contributed by atoms with E-state index in [1.165, 1.54) is 17.5 Å². The minimum absolute atomic E-state index is 0.0349. The zero-order chi connectivity index (χ0) is 41.3. The predicted molar refractivity (Wildman–Crippen MR) is 209 cm³/mol. The number of carbonyl (C=O) groups excluding carboxylic acids is 1. The number of piperazine rings is 1. The van der Waals surface area contributed by atoms with E-state index in [0.29, 0.717) is 82.8 Å². The summed E-state index contributed by atoms with van der Waals surface area (Å²) >= 11 is 0. The fourth-order valence-electron chi connectivity index (χ4n) is 10.3. The summed E-state index contributed by atoms with van der Waals surface area (Å²) in [6.45, 7) is 6.93. The van der Waals surface area contributed by atoms with Gasteiger partial charge in [0, 0.05) is 45.8 Å². The third-order valence-electron chi connectivity index (χ3n) is 13.7. The van der Waals surface area contributed by atoms with E-state index in [1.807, 2.05) is 6.07 Å². The van der Waals surface area contributed by atoms with Gasteiger partial charge >= 0.3 is 6.18 Å². The van der Waals surface area contributed by atoms with Crippen LogP contribution in [0.5, 0.6) is 5.75 Å². The molecule has 0 spiro atoms. The summed E-state index contributed by atoms with van der Waals surface area (Å²) in [6.07, 6.45) is 0.896. The van der Waals surface area contributed by atoms with Gasteiger partial charge < -0.3 is 35.4 Å². The Morgan fingerprint density at radius 1 is 1.00 bits per heavy atom. The van der Waals surface area contributed by atoms with Crippen molar-refractivity contribution in [3.8, 4) is 5.75 Å². The topological polar surface area (TPSA) is 178 Å². The molecule has 3 aromatic rings. The molecule has 5 aliphatic rings. The molecule has 3 aliphatic carbocycles. The molecule has 14 nitrogen and oxygen atoms in total. The van der Waals surface area contributed by atoms with Gasteiger partial charge in [0.25, 0.3) is 5.91 Å². The van der Waals surface area contributed by atoms with Crippen molar-refractivity contribution in [3.63, 3.8) is 0 Å². The Labute approximate surface area is 341 Å². The molecule has 0 radical (unpaired) electrons. The van der Waals surface area contributed by atoms with E-state index in [-0.39, 0.29) is 35.5 Å². The van der Waals surface area contributed by atoms with Gasteiger partial charge in [-0.2, -0.15) is 18.3 Å². The Balaban J connectivity index is 0.716. The zero-order valence-corrected chi connectivity index (χ0v) is 33.4. The fraction of sp³-hybridized carbons (Fsp3) is 0.643. The summed E-state index contributed by atoms with van der Waals surface area (Å²) in [4.78, 5) is 24.2. The maximum Gasteiger partial charge on any atom is 0.434 e. The number of aliphatic hydroxyl groups is 3.